The molecule has 1 aliphatic rings. The monoisotopic (exact) mass is 448 g/mol. The van der Waals surface area contributed by atoms with Crippen molar-refractivity contribution >= 4 is 11.4 Å². The Morgan fingerprint density at radius 2 is 1.91 bits per heavy atom. The van der Waals surface area contributed by atoms with Crippen LogP contribution in [0.1, 0.15) is 67.5 Å². The van der Waals surface area contributed by atoms with Crippen molar-refractivity contribution in [2.45, 2.75) is 53.9 Å². The van der Waals surface area contributed by atoms with Crippen LogP contribution in [0.25, 0.3) is 0 Å². The summed E-state index contributed by atoms with van der Waals surface area (Å²) in [7, 11) is 0. The minimum Gasteiger partial charge on any atom is -0.395 e. The number of pyridine rings is 2. The number of hydrogen-bond donors (Lipinski definition) is 1. The second kappa shape index (κ2) is 11.1. The van der Waals surface area contributed by atoms with Crippen molar-refractivity contribution in [1.29, 1.82) is 0 Å². The van der Waals surface area contributed by atoms with Crippen molar-refractivity contribution in [3.05, 3.63) is 58.2 Å². The average Bonchev–Trinajstić information content (AvgIpc) is 2.77. The van der Waals surface area contributed by atoms with Gasteiger partial charge in [0.15, 0.2) is 0 Å². The second-order valence-electron chi connectivity index (χ2n) is 9.11. The molecule has 1 N–H and O–H groups in total. The van der Waals surface area contributed by atoms with Crippen molar-refractivity contribution in [1.82, 2.24) is 9.97 Å². The largest absolute Gasteiger partial charge is 0.395 e. The van der Waals surface area contributed by atoms with Gasteiger partial charge in [-0.05, 0) is 75.3 Å². The molecule has 33 heavy (non-hydrogen) atoms. The Kier molecular flexibility index (Phi) is 8.18. The summed E-state index contributed by atoms with van der Waals surface area (Å²) in [5.74, 6) is 5.49. The van der Waals surface area contributed by atoms with E-state index in [2.05, 4.69) is 32.1 Å². The molecule has 1 aliphatic carbocycles. The van der Waals surface area contributed by atoms with Crippen LogP contribution in [0.3, 0.4) is 0 Å². The molecule has 0 saturated heterocycles. The molecule has 0 atom stereocenters. The first-order valence-corrected chi connectivity index (χ1v) is 11.2. The van der Waals surface area contributed by atoms with E-state index in [1.54, 1.807) is 0 Å². The molecule has 0 bridgehead atoms. The Bertz CT molecular complexity index is 1090. The lowest BCUT2D eigenvalue weighted by molar-refractivity contribution is -0.000158. The Labute approximate surface area is 195 Å². The zero-order chi connectivity index (χ0) is 23.8. The number of oxime groups is 2. The van der Waals surface area contributed by atoms with Crippen LogP contribution in [0.2, 0.25) is 0 Å². The van der Waals surface area contributed by atoms with Gasteiger partial charge >= 0.3 is 0 Å². The number of rotatable bonds is 7. The van der Waals surface area contributed by atoms with E-state index in [4.69, 9.17) is 14.8 Å². The normalized spacial score (nSPS) is 15.0. The van der Waals surface area contributed by atoms with E-state index in [0.717, 1.165) is 58.9 Å². The molecule has 0 aliphatic heterocycles. The minimum absolute atomic E-state index is 0.190. The van der Waals surface area contributed by atoms with Gasteiger partial charge in [0.2, 0.25) is 0 Å². The van der Waals surface area contributed by atoms with Crippen molar-refractivity contribution in [2.75, 3.05) is 19.8 Å². The molecule has 0 unspecified atom stereocenters. The van der Waals surface area contributed by atoms with Gasteiger partial charge in [-0.15, -0.1) is 0 Å². The van der Waals surface area contributed by atoms with Gasteiger partial charge in [0.1, 0.15) is 36.9 Å². The third-order valence-electron chi connectivity index (χ3n) is 5.16. The van der Waals surface area contributed by atoms with E-state index in [0.29, 0.717) is 18.9 Å². The van der Waals surface area contributed by atoms with E-state index in [9.17, 15) is 0 Å². The summed E-state index contributed by atoms with van der Waals surface area (Å²) in [5.41, 5.74) is 6.80. The Hall–Kier alpha value is -3.24. The highest BCUT2D eigenvalue weighted by atomic mass is 16.6. The molecule has 174 valence electrons. The summed E-state index contributed by atoms with van der Waals surface area (Å²) >= 11 is 0. The van der Waals surface area contributed by atoms with Crippen molar-refractivity contribution in [3.8, 4) is 11.8 Å². The Morgan fingerprint density at radius 3 is 2.67 bits per heavy atom. The summed E-state index contributed by atoms with van der Waals surface area (Å²) < 4.78 is 0. The van der Waals surface area contributed by atoms with Crippen LogP contribution in [0.4, 0.5) is 0 Å². The van der Waals surface area contributed by atoms with E-state index in [1.807, 2.05) is 58.9 Å². The average molecular weight is 449 g/mol. The molecule has 0 spiro atoms. The predicted octanol–water partition coefficient (Wildman–Crippen LogP) is 3.96. The topological polar surface area (TPSA) is 89.2 Å². The lowest BCUT2D eigenvalue weighted by Crippen LogP contribution is -2.24. The fourth-order valence-corrected chi connectivity index (χ4v) is 3.50. The third kappa shape index (κ3) is 7.13. The fraction of sp³-hybridized carbons (Fsp3) is 0.462. The fourth-order valence-electron chi connectivity index (χ4n) is 3.50. The van der Waals surface area contributed by atoms with Gasteiger partial charge in [0.05, 0.1) is 11.4 Å². The number of hydrogen-bond acceptors (Lipinski definition) is 7. The highest BCUT2D eigenvalue weighted by Gasteiger charge is 2.22. The molecule has 7 heteroatoms. The molecule has 0 fully saturated rings. The first-order chi connectivity index (χ1) is 15.8. The third-order valence-corrected chi connectivity index (χ3v) is 5.16. The number of fused-ring (bicyclic) bond motifs is 1. The summed E-state index contributed by atoms with van der Waals surface area (Å²) in [6.45, 7) is 10.6. The minimum atomic E-state index is -0.289. The maximum absolute atomic E-state index is 8.92. The van der Waals surface area contributed by atoms with Gasteiger partial charge < -0.3 is 14.8 Å². The van der Waals surface area contributed by atoms with E-state index >= 15 is 0 Å². The van der Waals surface area contributed by atoms with Gasteiger partial charge in [0, 0.05) is 11.1 Å². The van der Waals surface area contributed by atoms with Crippen LogP contribution in [0, 0.1) is 31.1 Å². The molecule has 3 rings (SSSR count). The lowest BCUT2D eigenvalue weighted by Gasteiger charge is -2.22. The molecule has 2 aromatic rings. The van der Waals surface area contributed by atoms with Crippen LogP contribution in [0.5, 0.6) is 0 Å². The first-order valence-electron chi connectivity index (χ1n) is 11.2. The Balaban J connectivity index is 1.59. The van der Waals surface area contributed by atoms with Crippen LogP contribution in [0.15, 0.2) is 34.6 Å². The second-order valence-corrected chi connectivity index (χ2v) is 9.11. The van der Waals surface area contributed by atoms with Gasteiger partial charge in [-0.25, -0.2) is 4.98 Å². The lowest BCUT2D eigenvalue weighted by atomic mass is 9.94. The van der Waals surface area contributed by atoms with Crippen LogP contribution in [-0.2, 0) is 16.1 Å². The maximum Gasteiger partial charge on any atom is 0.125 e. The number of nitrogens with zero attached hydrogens (tertiary/aromatic N) is 4. The molecule has 2 aromatic heterocycles. The predicted molar refractivity (Wildman–Crippen MR) is 129 cm³/mol. The molecular formula is C26H32N4O3. The zero-order valence-corrected chi connectivity index (χ0v) is 20.1. The molecule has 0 saturated carbocycles. The molecule has 7 nitrogen and oxygen atoms in total. The van der Waals surface area contributed by atoms with Gasteiger partial charge in [-0.3, -0.25) is 4.98 Å². The maximum atomic E-state index is 8.92. The van der Waals surface area contributed by atoms with Crippen LogP contribution >= 0.6 is 0 Å². The molecular weight excluding hydrogens is 416 g/mol. The highest BCUT2D eigenvalue weighted by molar-refractivity contribution is 6.00. The van der Waals surface area contributed by atoms with Crippen molar-refractivity contribution < 1.29 is 14.8 Å². The quantitative estimate of drug-likeness (QED) is 0.393. The van der Waals surface area contributed by atoms with Gasteiger partial charge in [-0.2, -0.15) is 0 Å². The van der Waals surface area contributed by atoms with Crippen LogP contribution < -0.4 is 0 Å². The first kappa shape index (κ1) is 24.4. The summed E-state index contributed by atoms with van der Waals surface area (Å²) in [6, 6.07) is 7.93. The highest BCUT2D eigenvalue weighted by Crippen LogP contribution is 2.22. The van der Waals surface area contributed by atoms with E-state index in [1.165, 1.54) is 0 Å². The molecule has 2 heterocycles. The van der Waals surface area contributed by atoms with Crippen molar-refractivity contribution in [2.24, 2.45) is 15.7 Å². The Morgan fingerprint density at radius 1 is 1.12 bits per heavy atom. The van der Waals surface area contributed by atoms with E-state index in [-0.39, 0.29) is 12.0 Å². The van der Waals surface area contributed by atoms with Gasteiger partial charge in [-0.1, -0.05) is 36.1 Å². The summed E-state index contributed by atoms with van der Waals surface area (Å²) in [6.07, 6.45) is 2.77. The standard InChI is InChI=1S/C26H32N4O3/c1-18-14-19(2)27-24(15-18)20(3)29-32-16-26(4,5)17-33-30-23-10-6-8-21-11-12-22(9-7-13-31)28-25(21)23/h11-12,14-15,31H,6,8,10,13,16-17H2,1-5H3/b29-20-,30-23-. The molecule has 0 amide bonds. The number of aryl methyl sites for hydroxylation is 3. The number of aliphatic hydroxyl groups excluding tert-OH is 1. The van der Waals surface area contributed by atoms with Gasteiger partial charge in [0.25, 0.3) is 0 Å². The smallest absolute Gasteiger partial charge is 0.125 e. The van der Waals surface area contributed by atoms with Crippen molar-refractivity contribution in [3.63, 3.8) is 0 Å². The number of aliphatic hydroxyl groups is 1. The van der Waals surface area contributed by atoms with Crippen LogP contribution in [-0.4, -0.2) is 46.3 Å². The zero-order valence-electron chi connectivity index (χ0n) is 20.1. The summed E-state index contributed by atoms with van der Waals surface area (Å²) in [4.78, 5) is 20.5. The SMILES string of the molecule is C/C(=N/OCC(C)(C)CO/N=C1/CCCc2ccc(C#CCO)nc21)c1cc(C)cc(C)n1. The number of aromatic nitrogens is 2. The molecule has 0 aromatic carbocycles. The van der Waals surface area contributed by atoms with E-state index < -0.39 is 0 Å². The summed E-state index contributed by atoms with van der Waals surface area (Å²) in [5, 5.41) is 17.6. The molecule has 0 radical (unpaired) electrons.